The van der Waals surface area contributed by atoms with Gasteiger partial charge in [0.2, 0.25) is 0 Å². The molecule has 37 heavy (non-hydrogen) atoms. The molecule has 0 saturated carbocycles. The summed E-state index contributed by atoms with van der Waals surface area (Å²) in [4.78, 5) is 0.859. The zero-order valence-corrected chi connectivity index (χ0v) is 29.2. The lowest BCUT2D eigenvalue weighted by Crippen LogP contribution is -1.90. The molecule has 0 radical (unpaired) electrons. The van der Waals surface area contributed by atoms with E-state index in [4.69, 9.17) is 4.74 Å². The summed E-state index contributed by atoms with van der Waals surface area (Å²) in [6.45, 7) is 46.5. The van der Waals surface area contributed by atoms with E-state index < -0.39 is 0 Å². The third-order valence-corrected chi connectivity index (χ3v) is 3.48. The van der Waals surface area contributed by atoms with E-state index in [2.05, 4.69) is 58.0 Å². The van der Waals surface area contributed by atoms with Gasteiger partial charge in [0.05, 0.1) is 7.11 Å². The molecule has 0 fully saturated rings. The number of ether oxygens (including phenoxy) is 1. The molecule has 0 saturated heterocycles. The molecule has 2 heteroatoms. The minimum absolute atomic E-state index is 0.775. The molecule has 1 nitrogen and oxygen atoms in total. The van der Waals surface area contributed by atoms with Crippen LogP contribution in [0.25, 0.3) is 12.2 Å². The molecule has 0 amide bonds. The maximum Gasteiger partial charge on any atom is 0.127 e. The second-order valence-corrected chi connectivity index (χ2v) is 5.40. The first kappa shape index (κ1) is 55.4. The normalized spacial score (nSPS) is 7.95. The van der Waals surface area contributed by atoms with E-state index in [-0.39, 0.29) is 0 Å². The van der Waals surface area contributed by atoms with Gasteiger partial charge in [0.25, 0.3) is 0 Å². The summed E-state index contributed by atoms with van der Waals surface area (Å²) in [7, 11) is 1.63. The highest BCUT2D eigenvalue weighted by atomic mass is 32.1. The first-order valence-electron chi connectivity index (χ1n) is 14.0. The van der Waals surface area contributed by atoms with E-state index in [0.717, 1.165) is 21.8 Å². The van der Waals surface area contributed by atoms with Crippen LogP contribution in [0.4, 0.5) is 0 Å². The van der Waals surface area contributed by atoms with Crippen LogP contribution in [0.5, 0.6) is 5.75 Å². The summed E-state index contributed by atoms with van der Waals surface area (Å²) in [5, 5.41) is 0. The second-order valence-electron chi connectivity index (χ2n) is 4.89. The number of methoxy groups -OCH3 is 1. The van der Waals surface area contributed by atoms with Gasteiger partial charge in [0.15, 0.2) is 0 Å². The van der Waals surface area contributed by atoms with Crippen LogP contribution in [0, 0.1) is 0 Å². The fourth-order valence-electron chi connectivity index (χ4n) is 1.86. The highest BCUT2D eigenvalue weighted by Gasteiger charge is 2.04. The van der Waals surface area contributed by atoms with Gasteiger partial charge in [0, 0.05) is 10.5 Å². The van der Waals surface area contributed by atoms with E-state index in [1.165, 1.54) is 11.1 Å². The molecular formula is C35H68OS. The topological polar surface area (TPSA) is 9.23 Å². The SMILES string of the molecule is C=CC.C=CC(=C\C)/C(C)=C/C.C=Cc1cc(S)cc(OC)c1C=C.CC.CC.CC.CC.CC.CC. The van der Waals surface area contributed by atoms with Gasteiger partial charge in [-0.3, -0.25) is 0 Å². The van der Waals surface area contributed by atoms with Crippen molar-refractivity contribution in [2.45, 2.75) is 116 Å². The van der Waals surface area contributed by atoms with Crippen LogP contribution >= 0.6 is 12.6 Å². The predicted octanol–water partition coefficient (Wildman–Crippen LogP) is 13.7. The van der Waals surface area contributed by atoms with Gasteiger partial charge in [-0.2, -0.15) is 0 Å². The lowest BCUT2D eigenvalue weighted by atomic mass is 10.1. The number of benzene rings is 1. The van der Waals surface area contributed by atoms with E-state index >= 15 is 0 Å². The Kier molecular flexibility index (Phi) is 88.5. The van der Waals surface area contributed by atoms with Crippen LogP contribution in [0.1, 0.15) is 122 Å². The summed E-state index contributed by atoms with van der Waals surface area (Å²) >= 11 is 4.26. The smallest absolute Gasteiger partial charge is 0.127 e. The first-order chi connectivity index (χ1) is 17.9. The maximum atomic E-state index is 5.19. The van der Waals surface area contributed by atoms with E-state index in [9.17, 15) is 0 Å². The fraction of sp³-hybridized carbons (Fsp3) is 0.486. The van der Waals surface area contributed by atoms with Crippen molar-refractivity contribution in [2.24, 2.45) is 0 Å². The summed E-state index contributed by atoms with van der Waals surface area (Å²) in [5.41, 5.74) is 4.44. The molecule has 0 atom stereocenters. The van der Waals surface area contributed by atoms with Gasteiger partial charge < -0.3 is 4.74 Å². The average molecular weight is 537 g/mol. The van der Waals surface area contributed by atoms with Crippen molar-refractivity contribution in [3.8, 4) is 5.75 Å². The Morgan fingerprint density at radius 1 is 0.703 bits per heavy atom. The molecule has 0 bridgehead atoms. The standard InChI is InChI=1S/C11H12OS.C9H14.C3H6.6C2H6/c1-4-8-6-9(13)7-11(12-3)10(8)5-2;1-5-8(4)9(6-2)7-3;1-3-2;6*1-2/h4-7,13H,1-2H2,3H3;5-7H,2H2,1,3-4H3;3H,1H2,2H3;6*1-2H3/b;8-5+,9-7+;;;;;;;. The van der Waals surface area contributed by atoms with Crippen LogP contribution in [0.2, 0.25) is 0 Å². The summed E-state index contributed by atoms with van der Waals surface area (Å²) < 4.78 is 5.19. The van der Waals surface area contributed by atoms with Gasteiger partial charge in [-0.1, -0.05) is 139 Å². The summed E-state index contributed by atoms with van der Waals surface area (Å²) in [6.07, 6.45) is 11.3. The molecule has 0 heterocycles. The Labute approximate surface area is 242 Å². The Morgan fingerprint density at radius 2 is 1.08 bits per heavy atom. The van der Waals surface area contributed by atoms with Crippen molar-refractivity contribution < 1.29 is 4.74 Å². The number of rotatable bonds is 5. The minimum Gasteiger partial charge on any atom is -0.496 e. The Bertz CT molecular complexity index is 635. The lowest BCUT2D eigenvalue weighted by molar-refractivity contribution is 0.412. The minimum atomic E-state index is 0.775. The molecule has 1 aromatic rings. The van der Waals surface area contributed by atoms with Crippen LogP contribution in [-0.2, 0) is 0 Å². The number of thiol groups is 1. The molecule has 0 aliphatic rings. The number of hydrogen-bond acceptors (Lipinski definition) is 2. The van der Waals surface area contributed by atoms with Crippen LogP contribution in [0.3, 0.4) is 0 Å². The highest BCUT2D eigenvalue weighted by Crippen LogP contribution is 2.28. The van der Waals surface area contributed by atoms with Crippen molar-refractivity contribution in [2.75, 3.05) is 7.11 Å². The molecule has 0 unspecified atom stereocenters. The van der Waals surface area contributed by atoms with Gasteiger partial charge in [0.1, 0.15) is 5.75 Å². The number of allylic oxidation sites excluding steroid dienone is 6. The molecule has 1 rings (SSSR count). The van der Waals surface area contributed by atoms with E-state index in [0.29, 0.717) is 0 Å². The van der Waals surface area contributed by atoms with Gasteiger partial charge in [-0.25, -0.2) is 0 Å². The van der Waals surface area contributed by atoms with Crippen molar-refractivity contribution >= 4 is 24.8 Å². The molecule has 0 N–H and O–H groups in total. The summed E-state index contributed by atoms with van der Waals surface area (Å²) in [5.74, 6) is 0.775. The number of hydrogen-bond donors (Lipinski definition) is 1. The fourth-order valence-corrected chi connectivity index (χ4v) is 2.12. The average Bonchev–Trinajstić information content (AvgIpc) is 3.00. The largest absolute Gasteiger partial charge is 0.496 e. The molecular weight excluding hydrogens is 468 g/mol. The lowest BCUT2D eigenvalue weighted by Gasteiger charge is -2.08. The predicted molar refractivity (Wildman–Crippen MR) is 188 cm³/mol. The van der Waals surface area contributed by atoms with Crippen molar-refractivity contribution in [1.29, 1.82) is 0 Å². The van der Waals surface area contributed by atoms with E-state index in [1.807, 2.05) is 122 Å². The maximum absolute atomic E-state index is 5.19. The monoisotopic (exact) mass is 536 g/mol. The highest BCUT2D eigenvalue weighted by molar-refractivity contribution is 7.80. The molecule has 220 valence electrons. The third-order valence-electron chi connectivity index (χ3n) is 3.22. The second kappa shape index (κ2) is 59.1. The molecule has 0 spiro atoms. The van der Waals surface area contributed by atoms with Crippen molar-refractivity contribution in [3.05, 3.63) is 85.0 Å². The molecule has 1 aromatic carbocycles. The molecule has 0 aromatic heterocycles. The van der Waals surface area contributed by atoms with Gasteiger partial charge in [-0.05, 0) is 56.5 Å². The third kappa shape index (κ3) is 38.5. The van der Waals surface area contributed by atoms with Crippen LogP contribution in [0.15, 0.2) is 78.8 Å². The van der Waals surface area contributed by atoms with Gasteiger partial charge >= 0.3 is 0 Å². The molecule has 0 aliphatic heterocycles. The van der Waals surface area contributed by atoms with Crippen LogP contribution in [-0.4, -0.2) is 7.11 Å². The van der Waals surface area contributed by atoms with Crippen molar-refractivity contribution in [1.82, 2.24) is 0 Å². The molecule has 0 aliphatic carbocycles. The quantitative estimate of drug-likeness (QED) is 0.224. The first-order valence-corrected chi connectivity index (χ1v) is 14.5. The van der Waals surface area contributed by atoms with E-state index in [1.54, 1.807) is 25.3 Å². The Hall–Kier alpha value is -2.19. The van der Waals surface area contributed by atoms with Crippen molar-refractivity contribution in [3.63, 3.8) is 0 Å². The van der Waals surface area contributed by atoms with Crippen LogP contribution < -0.4 is 4.74 Å². The summed E-state index contributed by atoms with van der Waals surface area (Å²) in [6, 6.07) is 3.78. The Morgan fingerprint density at radius 3 is 1.27 bits per heavy atom. The zero-order chi connectivity index (χ0) is 31.8. The van der Waals surface area contributed by atoms with Gasteiger partial charge in [-0.15, -0.1) is 19.2 Å². The Balaban J connectivity index is -0.0000000511. The zero-order valence-electron chi connectivity index (χ0n) is 28.3.